The molecule has 2 aliphatic carbocycles. The number of nitrogens with zero attached hydrogens (tertiary/aromatic N) is 2. The van der Waals surface area contributed by atoms with Gasteiger partial charge in [0.25, 0.3) is 0 Å². The average Bonchev–Trinajstić information content (AvgIpc) is 3.40. The molecular formula is C35H29ClFIN2O6. The van der Waals surface area contributed by atoms with Crippen LogP contribution in [0.15, 0.2) is 72.3 Å². The van der Waals surface area contributed by atoms with Crippen LogP contribution in [0, 0.1) is 38.5 Å². The van der Waals surface area contributed by atoms with Gasteiger partial charge in [0.1, 0.15) is 5.82 Å². The maximum absolute atomic E-state index is 14.6. The van der Waals surface area contributed by atoms with Gasteiger partial charge in [-0.2, -0.15) is 0 Å². The quantitative estimate of drug-likeness (QED) is 0.179. The third-order valence-corrected chi connectivity index (χ3v) is 11.2. The Labute approximate surface area is 283 Å². The topological polar surface area (TPSA) is 104 Å². The van der Waals surface area contributed by atoms with Gasteiger partial charge >= 0.3 is 0 Å². The number of anilines is 2. The molecule has 236 valence electrons. The van der Waals surface area contributed by atoms with E-state index in [2.05, 4.69) is 22.6 Å². The zero-order valence-corrected chi connectivity index (χ0v) is 27.8. The van der Waals surface area contributed by atoms with E-state index in [-0.39, 0.29) is 53.5 Å². The normalized spacial score (nSPS) is 28.6. The minimum Gasteiger partial charge on any atom is -0.504 e. The maximum atomic E-state index is 14.6. The molecule has 0 spiro atoms. The summed E-state index contributed by atoms with van der Waals surface area (Å²) in [4.78, 5) is 59.1. The molecule has 6 atom stereocenters. The first-order valence-electron chi connectivity index (χ1n) is 15.1. The number of para-hydroxylation sites is 1. The van der Waals surface area contributed by atoms with Crippen LogP contribution in [0.25, 0.3) is 0 Å². The molecule has 11 heteroatoms. The third-order valence-electron chi connectivity index (χ3n) is 10.2. The molecule has 1 N–H and O–H groups in total. The van der Waals surface area contributed by atoms with Crippen LogP contribution < -0.4 is 14.5 Å². The van der Waals surface area contributed by atoms with E-state index in [9.17, 15) is 28.7 Å². The van der Waals surface area contributed by atoms with Crippen LogP contribution in [0.4, 0.5) is 15.8 Å². The smallest absolute Gasteiger partial charge is 0.241 e. The van der Waals surface area contributed by atoms with Crippen molar-refractivity contribution in [3.8, 4) is 11.5 Å². The minimum absolute atomic E-state index is 0.134. The predicted octanol–water partition coefficient (Wildman–Crippen LogP) is 6.62. The number of imide groups is 2. The van der Waals surface area contributed by atoms with Crippen LogP contribution >= 0.6 is 34.2 Å². The van der Waals surface area contributed by atoms with E-state index in [0.717, 1.165) is 20.1 Å². The van der Waals surface area contributed by atoms with Gasteiger partial charge < -0.3 is 9.84 Å². The van der Waals surface area contributed by atoms with E-state index >= 15 is 0 Å². The van der Waals surface area contributed by atoms with E-state index in [1.54, 1.807) is 44.2 Å². The monoisotopic (exact) mass is 754 g/mol. The molecule has 8 nitrogen and oxygen atoms in total. The molecule has 2 heterocycles. The zero-order valence-electron chi connectivity index (χ0n) is 24.9. The van der Waals surface area contributed by atoms with Crippen molar-refractivity contribution in [3.05, 3.63) is 92.3 Å². The van der Waals surface area contributed by atoms with Crippen molar-refractivity contribution in [2.75, 3.05) is 16.4 Å². The fourth-order valence-electron chi connectivity index (χ4n) is 8.12. The highest BCUT2D eigenvalue weighted by molar-refractivity contribution is 14.1. The first-order valence-corrected chi connectivity index (χ1v) is 16.6. The van der Waals surface area contributed by atoms with Crippen molar-refractivity contribution in [2.45, 2.75) is 32.6 Å². The molecule has 4 amide bonds. The lowest BCUT2D eigenvalue weighted by Crippen LogP contribution is -2.48. The van der Waals surface area contributed by atoms with Crippen LogP contribution in [0.5, 0.6) is 11.5 Å². The van der Waals surface area contributed by atoms with Crippen molar-refractivity contribution in [1.29, 1.82) is 0 Å². The van der Waals surface area contributed by atoms with Gasteiger partial charge in [-0.25, -0.2) is 9.29 Å². The molecule has 3 aromatic carbocycles. The summed E-state index contributed by atoms with van der Waals surface area (Å²) in [5, 5.41) is 11.3. The third kappa shape index (κ3) is 4.36. The molecule has 0 bridgehead atoms. The number of ether oxygens (including phenoxy) is 1. The Balaban J connectivity index is 1.38. The summed E-state index contributed by atoms with van der Waals surface area (Å²) in [6.07, 6.45) is 2.33. The Kier molecular flexibility index (Phi) is 7.51. The number of fused-ring (bicyclic) bond motifs is 4. The molecule has 0 radical (unpaired) electrons. The number of rotatable bonds is 5. The summed E-state index contributed by atoms with van der Waals surface area (Å²) in [7, 11) is 0. The lowest BCUT2D eigenvalue weighted by Gasteiger charge is -2.49. The number of allylic oxidation sites excluding steroid dienone is 2. The van der Waals surface area contributed by atoms with Gasteiger partial charge in [-0.3, -0.25) is 24.1 Å². The number of carbonyl (C=O) groups is 4. The van der Waals surface area contributed by atoms with E-state index < -0.39 is 52.6 Å². The Morgan fingerprint density at radius 1 is 0.978 bits per heavy atom. The molecular weight excluding hydrogens is 726 g/mol. The lowest BCUT2D eigenvalue weighted by atomic mass is 9.51. The number of phenolic OH excluding ortho intramolecular Hbond substituents is 1. The SMILES string of the molecule is CCOc1cccc([C@H]2C3=CC[C@@H]4C(=O)N(c5ccc(I)cc5)C(=O)[C@@H]4[C@@H]3C[C@H]3C(=O)N(c4ccc(F)c(Cl)c4)C(=O)[C@@]23C)c1O. The van der Waals surface area contributed by atoms with E-state index in [0.29, 0.717) is 11.3 Å². The summed E-state index contributed by atoms with van der Waals surface area (Å²) in [6, 6.07) is 15.9. The van der Waals surface area contributed by atoms with E-state index in [1.807, 2.05) is 18.2 Å². The summed E-state index contributed by atoms with van der Waals surface area (Å²) in [5.41, 5.74) is 0.345. The van der Waals surface area contributed by atoms with Crippen LogP contribution in [-0.2, 0) is 19.2 Å². The molecule has 2 saturated heterocycles. The van der Waals surface area contributed by atoms with Crippen LogP contribution in [-0.4, -0.2) is 35.3 Å². The standard InChI is InChI=1S/C35H29ClFIN2O6/c1-3-46-27-6-4-5-22(30(27)41)29-20-12-13-21-28(33(44)39(31(21)42)18-9-7-17(38)8-10-18)23(20)16-24-32(43)40(34(45)35(24,29)2)19-11-14-26(37)25(36)15-19/h4-12,14-15,21,23-24,28-29,41H,3,13,16H2,1-2H3/t21-,23+,24-,28-,29+,35+/m0/s1. The summed E-state index contributed by atoms with van der Waals surface area (Å²) >= 11 is 8.23. The molecule has 3 fully saturated rings. The zero-order chi connectivity index (χ0) is 32.7. The van der Waals surface area contributed by atoms with Crippen LogP contribution in [0.1, 0.15) is 38.2 Å². The number of amides is 4. The summed E-state index contributed by atoms with van der Waals surface area (Å²) < 4.78 is 20.8. The number of phenols is 1. The predicted molar refractivity (Wildman–Crippen MR) is 177 cm³/mol. The molecule has 4 aliphatic rings. The molecule has 3 aromatic rings. The minimum atomic E-state index is -1.39. The highest BCUT2D eigenvalue weighted by Crippen LogP contribution is 2.65. The highest BCUT2D eigenvalue weighted by Gasteiger charge is 2.68. The van der Waals surface area contributed by atoms with E-state index in [1.165, 1.54) is 17.0 Å². The molecule has 2 aliphatic heterocycles. The van der Waals surface area contributed by atoms with Gasteiger partial charge in [0.05, 0.1) is 46.2 Å². The van der Waals surface area contributed by atoms with Crippen molar-refractivity contribution >= 4 is 69.2 Å². The number of hydrogen-bond acceptors (Lipinski definition) is 6. The van der Waals surface area contributed by atoms with E-state index in [4.69, 9.17) is 16.3 Å². The van der Waals surface area contributed by atoms with Gasteiger partial charge in [0, 0.05) is 15.1 Å². The molecule has 1 saturated carbocycles. The Morgan fingerprint density at radius 3 is 2.39 bits per heavy atom. The van der Waals surface area contributed by atoms with Crippen molar-refractivity contribution < 1.29 is 33.4 Å². The maximum Gasteiger partial charge on any atom is 0.241 e. The Bertz CT molecular complexity index is 1860. The van der Waals surface area contributed by atoms with Crippen molar-refractivity contribution in [2.24, 2.45) is 29.1 Å². The van der Waals surface area contributed by atoms with Gasteiger partial charge in [-0.1, -0.05) is 35.4 Å². The molecule has 7 rings (SSSR count). The van der Waals surface area contributed by atoms with Gasteiger partial charge in [-0.15, -0.1) is 0 Å². The number of hydrogen-bond donors (Lipinski definition) is 1. The number of carbonyl (C=O) groups excluding carboxylic acids is 4. The largest absolute Gasteiger partial charge is 0.504 e. The number of halogens is 3. The lowest BCUT2D eigenvalue weighted by molar-refractivity contribution is -0.131. The van der Waals surface area contributed by atoms with Gasteiger partial charge in [0.15, 0.2) is 11.5 Å². The number of aromatic hydroxyl groups is 1. The highest BCUT2D eigenvalue weighted by atomic mass is 127. The van der Waals surface area contributed by atoms with Crippen LogP contribution in [0.3, 0.4) is 0 Å². The summed E-state index contributed by atoms with van der Waals surface area (Å²) in [6.45, 7) is 3.79. The first-order chi connectivity index (χ1) is 22.0. The Hall–Kier alpha value is -3.77. The van der Waals surface area contributed by atoms with Crippen molar-refractivity contribution in [1.82, 2.24) is 0 Å². The fraction of sp³-hybridized carbons (Fsp3) is 0.314. The second kappa shape index (κ2) is 11.2. The second-order valence-electron chi connectivity index (χ2n) is 12.4. The van der Waals surface area contributed by atoms with Gasteiger partial charge in [-0.05, 0) is 104 Å². The molecule has 0 unspecified atom stereocenters. The molecule has 46 heavy (non-hydrogen) atoms. The second-order valence-corrected chi connectivity index (χ2v) is 14.0. The molecule has 0 aromatic heterocycles. The average molecular weight is 755 g/mol. The van der Waals surface area contributed by atoms with Gasteiger partial charge in [0.2, 0.25) is 23.6 Å². The Morgan fingerprint density at radius 2 is 1.70 bits per heavy atom. The fourth-order valence-corrected chi connectivity index (χ4v) is 8.65. The van der Waals surface area contributed by atoms with Crippen LogP contribution in [0.2, 0.25) is 5.02 Å². The number of benzene rings is 3. The van der Waals surface area contributed by atoms with Crippen molar-refractivity contribution in [3.63, 3.8) is 0 Å². The first kappa shape index (κ1) is 30.9. The summed E-state index contributed by atoms with van der Waals surface area (Å²) in [5.74, 6) is -5.98.